The Morgan fingerprint density at radius 1 is 0.696 bits per heavy atom. The first-order valence-electron chi connectivity index (χ1n) is 5.46. The second-order valence-corrected chi connectivity index (χ2v) is 3.93. The average molecular weight is 379 g/mol. The molecule has 0 rings (SSSR count). The van der Waals surface area contributed by atoms with Gasteiger partial charge in [-0.25, -0.2) is 0 Å². The zero-order valence-electron chi connectivity index (χ0n) is 12.2. The van der Waals surface area contributed by atoms with E-state index >= 15 is 0 Å². The van der Waals surface area contributed by atoms with Crippen molar-refractivity contribution in [3.05, 3.63) is 0 Å². The Hall–Kier alpha value is -1.76. The van der Waals surface area contributed by atoms with Crippen molar-refractivity contribution in [1.29, 1.82) is 0 Å². The van der Waals surface area contributed by atoms with E-state index in [0.29, 0.717) is 0 Å². The maximum atomic E-state index is 10.5. The zero-order chi connectivity index (χ0) is 15.7. The van der Waals surface area contributed by atoms with Gasteiger partial charge in [-0.1, -0.05) is 0 Å². The number of hydrogen-bond acceptors (Lipinski definition) is 11. The Morgan fingerprint density at radius 2 is 0.957 bits per heavy atom. The molecule has 0 saturated heterocycles. The molecule has 0 aromatic heterocycles. The van der Waals surface area contributed by atoms with Gasteiger partial charge in [-0.3, -0.25) is 14.6 Å². The number of carboxylic acid groups (broad SMARTS) is 4. The van der Waals surface area contributed by atoms with Crippen molar-refractivity contribution in [3.8, 4) is 0 Å². The maximum absolute atomic E-state index is 10.5. The van der Waals surface area contributed by atoms with E-state index in [0.717, 1.165) is 9.80 Å². The smallest absolute Gasteiger partial charge is 0.549 e. The van der Waals surface area contributed by atoms with Crippen LogP contribution < -0.4 is 27.6 Å². The molecule has 0 saturated carbocycles. The standard InChI is InChI=1S/C10H16N2O8.Fe.2H3N/c13-7(14)3-11(4-8(15)16)1-2-12(5-9(17)18)6-10(19)20;;;/h1-6H2,(H,13,14)(H,15,16)(H,17,18)(H,19,20);;2*1H3/q;+3;;/p-3. The summed E-state index contributed by atoms with van der Waals surface area (Å²) in [5.74, 6) is -5.82. The van der Waals surface area contributed by atoms with Crippen molar-refractivity contribution in [2.45, 2.75) is 0 Å². The summed E-state index contributed by atoms with van der Waals surface area (Å²) in [4.78, 5) is 43.7. The summed E-state index contributed by atoms with van der Waals surface area (Å²) in [6, 6.07) is 0. The van der Waals surface area contributed by atoms with Crippen LogP contribution in [-0.4, -0.2) is 78.1 Å². The molecule has 1 radical (unpaired) electrons. The van der Waals surface area contributed by atoms with E-state index in [2.05, 4.69) is 0 Å². The van der Waals surface area contributed by atoms with Crippen LogP contribution in [0.3, 0.4) is 0 Å². The van der Waals surface area contributed by atoms with E-state index in [1.54, 1.807) is 0 Å². The van der Waals surface area contributed by atoms with Crippen molar-refractivity contribution in [3.63, 3.8) is 0 Å². The molecule has 0 heterocycles. The fourth-order valence-electron chi connectivity index (χ4n) is 1.45. The number of carbonyl (C=O) groups is 4. The van der Waals surface area contributed by atoms with Gasteiger partial charge >= 0.3 is 23.0 Å². The topological polar surface area (TPSA) is 234 Å². The van der Waals surface area contributed by atoms with Gasteiger partial charge in [-0.15, -0.1) is 0 Å². The first-order valence-corrected chi connectivity index (χ1v) is 5.46. The number of carbonyl (C=O) groups excluding carboxylic acids is 3. The summed E-state index contributed by atoms with van der Waals surface area (Å²) in [6.45, 7) is -3.00. The zero-order valence-corrected chi connectivity index (χ0v) is 13.3. The van der Waals surface area contributed by atoms with Crippen LogP contribution in [0.4, 0.5) is 0 Å². The molecule has 0 amide bonds. The van der Waals surface area contributed by atoms with Crippen molar-refractivity contribution in [2.24, 2.45) is 0 Å². The number of aliphatic carboxylic acids is 4. The minimum absolute atomic E-state index is 0. The first kappa shape index (κ1) is 29.3. The van der Waals surface area contributed by atoms with Gasteiger partial charge < -0.3 is 47.1 Å². The van der Waals surface area contributed by atoms with Gasteiger partial charge in [-0.2, -0.15) is 0 Å². The largest absolute Gasteiger partial charge is 3.00 e. The van der Waals surface area contributed by atoms with E-state index in [4.69, 9.17) is 5.11 Å². The molecule has 0 aromatic rings. The van der Waals surface area contributed by atoms with Crippen LogP contribution in [-0.2, 0) is 36.2 Å². The van der Waals surface area contributed by atoms with Gasteiger partial charge in [0.2, 0.25) is 0 Å². The minimum atomic E-state index is -1.52. The van der Waals surface area contributed by atoms with Gasteiger partial charge in [0, 0.05) is 32.7 Å². The van der Waals surface area contributed by atoms with Gasteiger partial charge in [0.25, 0.3) is 0 Å². The number of rotatable bonds is 11. The SMILES string of the molecule is N.N.O=C([O-])CN(CCN(CC(=O)[O-])CC(=O)O)CC(=O)[O-].[Fe+3]. The molecular formula is C10H19FeN4O8. The second-order valence-electron chi connectivity index (χ2n) is 3.93. The quantitative estimate of drug-likeness (QED) is 0.285. The summed E-state index contributed by atoms with van der Waals surface area (Å²) in [7, 11) is 0. The molecule has 0 atom stereocenters. The first-order chi connectivity index (χ1) is 9.20. The van der Waals surface area contributed by atoms with Crippen molar-refractivity contribution in [2.75, 3.05) is 39.3 Å². The molecule has 0 fully saturated rings. The molecule has 7 N–H and O–H groups in total. The Labute approximate surface area is 142 Å². The average Bonchev–Trinajstić information content (AvgIpc) is 2.22. The molecule has 0 bridgehead atoms. The summed E-state index contributed by atoms with van der Waals surface area (Å²) >= 11 is 0. The van der Waals surface area contributed by atoms with Gasteiger partial charge in [0.1, 0.15) is 0 Å². The van der Waals surface area contributed by atoms with Crippen LogP contribution in [0.25, 0.3) is 0 Å². The molecule has 0 unspecified atom stereocenters. The molecule has 13 heteroatoms. The van der Waals surface area contributed by atoms with Crippen LogP contribution in [0.15, 0.2) is 0 Å². The van der Waals surface area contributed by atoms with Gasteiger partial charge in [-0.05, 0) is 0 Å². The van der Waals surface area contributed by atoms with E-state index in [9.17, 15) is 34.5 Å². The van der Waals surface area contributed by atoms with E-state index in [-0.39, 0.29) is 42.5 Å². The monoisotopic (exact) mass is 379 g/mol. The Balaban J connectivity index is -0.000000602. The summed E-state index contributed by atoms with van der Waals surface area (Å²) in [6.07, 6.45) is 0. The molecule has 0 aliphatic rings. The van der Waals surface area contributed by atoms with Crippen LogP contribution >= 0.6 is 0 Å². The predicted molar refractivity (Wildman–Crippen MR) is 65.6 cm³/mol. The maximum Gasteiger partial charge on any atom is 3.00 e. The third kappa shape index (κ3) is 18.2. The van der Waals surface area contributed by atoms with Crippen LogP contribution in [0.2, 0.25) is 0 Å². The normalized spacial score (nSPS) is 9.30. The van der Waals surface area contributed by atoms with Crippen LogP contribution in [0.5, 0.6) is 0 Å². The minimum Gasteiger partial charge on any atom is -0.549 e. The Morgan fingerprint density at radius 3 is 1.17 bits per heavy atom. The van der Waals surface area contributed by atoms with Crippen LogP contribution in [0.1, 0.15) is 0 Å². The molecule has 0 spiro atoms. The third-order valence-corrected chi connectivity index (χ3v) is 2.15. The predicted octanol–water partition coefficient (Wildman–Crippen LogP) is -5.75. The molecule has 0 aliphatic heterocycles. The Kier molecular flexibility index (Phi) is 19.3. The summed E-state index contributed by atoms with van der Waals surface area (Å²) < 4.78 is 0. The van der Waals surface area contributed by atoms with Crippen molar-refractivity contribution >= 4 is 23.9 Å². The van der Waals surface area contributed by atoms with Crippen LogP contribution in [0, 0.1) is 0 Å². The van der Waals surface area contributed by atoms with Crippen molar-refractivity contribution < 1.29 is 56.7 Å². The third-order valence-electron chi connectivity index (χ3n) is 2.15. The Bertz CT molecular complexity index is 327. The molecule has 0 aromatic carbocycles. The number of nitrogens with zero attached hydrogens (tertiary/aromatic N) is 2. The molecule has 0 aliphatic carbocycles. The number of hydrogen-bond donors (Lipinski definition) is 3. The molecule has 12 nitrogen and oxygen atoms in total. The summed E-state index contributed by atoms with van der Waals surface area (Å²) in [5.41, 5.74) is 0. The van der Waals surface area contributed by atoms with E-state index < -0.39 is 50.1 Å². The molecule has 135 valence electrons. The number of carboxylic acids is 4. The molecule has 23 heavy (non-hydrogen) atoms. The van der Waals surface area contributed by atoms with Gasteiger partial charge in [0.15, 0.2) is 0 Å². The van der Waals surface area contributed by atoms with Gasteiger partial charge in [0.05, 0.1) is 24.5 Å². The second kappa shape index (κ2) is 15.1. The van der Waals surface area contributed by atoms with E-state index in [1.807, 2.05) is 0 Å². The fourth-order valence-corrected chi connectivity index (χ4v) is 1.45. The van der Waals surface area contributed by atoms with Crippen molar-refractivity contribution in [1.82, 2.24) is 22.1 Å². The van der Waals surface area contributed by atoms with E-state index in [1.165, 1.54) is 0 Å². The summed E-state index contributed by atoms with van der Waals surface area (Å²) in [5, 5.41) is 39.8. The molecular weight excluding hydrogens is 360 g/mol. The fraction of sp³-hybridized carbons (Fsp3) is 0.600.